The summed E-state index contributed by atoms with van der Waals surface area (Å²) in [6.45, 7) is 0. The van der Waals surface area contributed by atoms with Crippen molar-refractivity contribution in [3.63, 3.8) is 0 Å². The largest absolute Gasteiger partial charge is 0.864 e. The molecule has 0 unspecified atom stereocenters. The van der Waals surface area contributed by atoms with Crippen molar-refractivity contribution >= 4 is 50.4 Å². The summed E-state index contributed by atoms with van der Waals surface area (Å²) in [5, 5.41) is 8.78. The van der Waals surface area contributed by atoms with E-state index in [9.17, 15) is 0 Å². The predicted molar refractivity (Wildman–Crippen MR) is 188 cm³/mol. The summed E-state index contributed by atoms with van der Waals surface area (Å²) in [6.07, 6.45) is 0. The Morgan fingerprint density at radius 1 is 0.435 bits per heavy atom. The number of methoxy groups -OCH3 is 1. The first-order valence-electron chi connectivity index (χ1n) is 15.4. The lowest BCUT2D eigenvalue weighted by atomic mass is 9.92. The zero-order valence-corrected chi connectivity index (χ0v) is 25.1. The van der Waals surface area contributed by atoms with Crippen LogP contribution in [0.4, 0.5) is 0 Å². The summed E-state index contributed by atoms with van der Waals surface area (Å²) in [6, 6.07) is 49.9. The van der Waals surface area contributed by atoms with Crippen LogP contribution in [-0.2, 0) is 0 Å². The molecule has 9 rings (SSSR count). The second-order valence-electron chi connectivity index (χ2n) is 11.5. The van der Waals surface area contributed by atoms with Gasteiger partial charge in [-0.3, -0.25) is 0 Å². The molecule has 1 aliphatic heterocycles. The summed E-state index contributed by atoms with van der Waals surface area (Å²) in [5.41, 5.74) is 4.15. The van der Waals surface area contributed by atoms with Gasteiger partial charge in [0, 0.05) is 11.1 Å². The Bertz CT molecular complexity index is 2380. The smallest absolute Gasteiger partial charge is 0.496 e. The third-order valence-electron chi connectivity index (χ3n) is 8.94. The van der Waals surface area contributed by atoms with Crippen LogP contribution in [0.15, 0.2) is 146 Å². The summed E-state index contributed by atoms with van der Waals surface area (Å²) in [7, 11) is 0.616. The lowest BCUT2D eigenvalue weighted by Gasteiger charge is -2.21. The molecule has 0 saturated carbocycles. The molecule has 0 radical (unpaired) electrons. The van der Waals surface area contributed by atoms with Crippen molar-refractivity contribution in [1.29, 1.82) is 0 Å². The Labute approximate surface area is 266 Å². The van der Waals surface area contributed by atoms with Crippen molar-refractivity contribution in [3.8, 4) is 45.3 Å². The second-order valence-corrected chi connectivity index (χ2v) is 11.5. The van der Waals surface area contributed by atoms with Crippen molar-refractivity contribution in [1.82, 2.24) is 0 Å². The van der Waals surface area contributed by atoms with E-state index in [1.165, 1.54) is 0 Å². The van der Waals surface area contributed by atoms with Crippen molar-refractivity contribution in [2.45, 2.75) is 0 Å². The molecule has 1 aliphatic rings. The van der Waals surface area contributed by atoms with Gasteiger partial charge in [0.15, 0.2) is 0 Å². The quantitative estimate of drug-likeness (QED) is 0.190. The molecule has 218 valence electrons. The summed E-state index contributed by atoms with van der Waals surface area (Å²) in [5.74, 6) is 2.68. The molecule has 0 atom stereocenters. The summed E-state index contributed by atoms with van der Waals surface area (Å²) < 4.78 is 25.9. The van der Waals surface area contributed by atoms with Gasteiger partial charge in [-0.15, -0.1) is 0 Å². The van der Waals surface area contributed by atoms with Gasteiger partial charge >= 0.3 is 7.32 Å². The molecule has 1 heterocycles. The molecule has 0 aliphatic carbocycles. The SMILES string of the molecule is COc1ccc2ccccc2c1-c1c(OB2Oc3ccc4cccc(c4c3)-c3cccc4ccc(cc34)O2)ccc2ccccc12. The van der Waals surface area contributed by atoms with E-state index >= 15 is 0 Å². The van der Waals surface area contributed by atoms with Crippen LogP contribution >= 0.6 is 0 Å². The molecule has 0 saturated heterocycles. The normalized spacial score (nSPS) is 12.3. The van der Waals surface area contributed by atoms with Gasteiger partial charge < -0.3 is 18.7 Å². The summed E-state index contributed by atoms with van der Waals surface area (Å²) >= 11 is 0. The van der Waals surface area contributed by atoms with E-state index in [1.54, 1.807) is 7.11 Å². The molecule has 5 heteroatoms. The van der Waals surface area contributed by atoms with Gasteiger partial charge in [-0.25, -0.2) is 0 Å². The highest BCUT2D eigenvalue weighted by Crippen LogP contribution is 2.46. The fourth-order valence-corrected chi connectivity index (χ4v) is 6.81. The number of hydrogen-bond acceptors (Lipinski definition) is 4. The van der Waals surface area contributed by atoms with Crippen molar-refractivity contribution in [2.75, 3.05) is 7.11 Å². The zero-order valence-electron chi connectivity index (χ0n) is 25.1. The van der Waals surface area contributed by atoms with Crippen molar-refractivity contribution < 1.29 is 18.7 Å². The van der Waals surface area contributed by atoms with Gasteiger partial charge in [0.1, 0.15) is 23.0 Å². The first kappa shape index (κ1) is 26.5. The van der Waals surface area contributed by atoms with E-state index in [0.717, 1.165) is 71.1 Å². The Morgan fingerprint density at radius 3 is 1.46 bits per heavy atom. The number of fused-ring (bicyclic) bond motifs is 5. The third kappa shape index (κ3) is 4.32. The fraction of sp³-hybridized carbons (Fsp3) is 0.0244. The highest BCUT2D eigenvalue weighted by atomic mass is 16.7. The Kier molecular flexibility index (Phi) is 6.10. The molecule has 0 fully saturated rings. The number of ether oxygens (including phenoxy) is 1. The van der Waals surface area contributed by atoms with E-state index in [2.05, 4.69) is 103 Å². The zero-order chi connectivity index (χ0) is 30.6. The predicted octanol–water partition coefficient (Wildman–Crippen LogP) is 10.5. The maximum Gasteiger partial charge on any atom is 0.864 e. The van der Waals surface area contributed by atoms with E-state index in [0.29, 0.717) is 17.2 Å². The molecular weight excluding hydrogens is 567 g/mol. The van der Waals surface area contributed by atoms with Crippen LogP contribution in [0.2, 0.25) is 0 Å². The lowest BCUT2D eigenvalue weighted by molar-refractivity contribution is 0.308. The Balaban J connectivity index is 1.26. The molecule has 0 aromatic heterocycles. The molecule has 4 nitrogen and oxygen atoms in total. The fourth-order valence-electron chi connectivity index (χ4n) is 6.81. The molecular formula is C41H27BO4. The average molecular weight is 594 g/mol. The maximum absolute atomic E-state index is 6.80. The van der Waals surface area contributed by atoms with Gasteiger partial charge in [-0.1, -0.05) is 109 Å². The van der Waals surface area contributed by atoms with Crippen LogP contribution in [-0.4, -0.2) is 14.4 Å². The molecule has 8 aromatic rings. The Hall–Kier alpha value is -5.94. The number of hydrogen-bond donors (Lipinski definition) is 0. The average Bonchev–Trinajstić information content (AvgIpc) is 3.12. The molecule has 0 amide bonds. The van der Waals surface area contributed by atoms with E-state index in [4.69, 9.17) is 18.7 Å². The van der Waals surface area contributed by atoms with Crippen molar-refractivity contribution in [2.24, 2.45) is 0 Å². The van der Waals surface area contributed by atoms with E-state index in [1.807, 2.05) is 42.5 Å². The van der Waals surface area contributed by atoms with E-state index < -0.39 is 7.32 Å². The highest BCUT2D eigenvalue weighted by Gasteiger charge is 2.33. The second kappa shape index (κ2) is 10.6. The van der Waals surface area contributed by atoms with Crippen LogP contribution in [0.1, 0.15) is 0 Å². The van der Waals surface area contributed by atoms with Gasteiger partial charge in [-0.05, 0) is 90.6 Å². The molecule has 4 bridgehead atoms. The topological polar surface area (TPSA) is 36.9 Å². The minimum Gasteiger partial charge on any atom is -0.496 e. The minimum atomic E-state index is -1.09. The summed E-state index contributed by atoms with van der Waals surface area (Å²) in [4.78, 5) is 0. The standard InChI is InChI=1S/C41H27BO4/c1-43-38-22-18-26-8-2-4-12-32(26)40(38)41-33-13-5-3-9-27(33)19-23-39(41)46-42-44-30-20-16-28-10-6-14-34(36(28)24-30)35-15-7-11-29-17-21-31(45-42)25-37(29)35/h2-25H,1H3. The van der Waals surface area contributed by atoms with Gasteiger partial charge in [-0.2, -0.15) is 0 Å². The van der Waals surface area contributed by atoms with Crippen molar-refractivity contribution in [3.05, 3.63) is 146 Å². The molecule has 46 heavy (non-hydrogen) atoms. The monoisotopic (exact) mass is 594 g/mol. The van der Waals surface area contributed by atoms with Gasteiger partial charge in [0.2, 0.25) is 0 Å². The van der Waals surface area contributed by atoms with Crippen LogP contribution in [0.25, 0.3) is 65.3 Å². The van der Waals surface area contributed by atoms with Crippen LogP contribution in [0, 0.1) is 0 Å². The molecule has 0 spiro atoms. The highest BCUT2D eigenvalue weighted by molar-refractivity contribution is 6.40. The first-order valence-corrected chi connectivity index (χ1v) is 15.4. The first-order chi connectivity index (χ1) is 22.7. The van der Waals surface area contributed by atoms with Gasteiger partial charge in [0.25, 0.3) is 0 Å². The number of benzene rings is 8. The van der Waals surface area contributed by atoms with Crippen LogP contribution in [0.5, 0.6) is 23.0 Å². The van der Waals surface area contributed by atoms with E-state index in [-0.39, 0.29) is 0 Å². The van der Waals surface area contributed by atoms with Crippen LogP contribution in [0.3, 0.4) is 0 Å². The lowest BCUT2D eigenvalue weighted by Crippen LogP contribution is -2.37. The minimum absolute atomic E-state index is 0.621. The maximum atomic E-state index is 6.80. The Morgan fingerprint density at radius 2 is 0.891 bits per heavy atom. The molecule has 8 aromatic carbocycles. The third-order valence-corrected chi connectivity index (χ3v) is 8.94. The molecule has 0 N–H and O–H groups in total. The van der Waals surface area contributed by atoms with Crippen LogP contribution < -0.4 is 18.7 Å². The number of rotatable bonds is 4. The van der Waals surface area contributed by atoms with Gasteiger partial charge in [0.05, 0.1) is 7.11 Å².